The molecule has 7 heteroatoms. The van der Waals surface area contributed by atoms with Crippen LogP contribution in [0.4, 0.5) is 0 Å². The van der Waals surface area contributed by atoms with Gasteiger partial charge in [0.15, 0.2) is 0 Å². The molecule has 0 aliphatic carbocycles. The zero-order chi connectivity index (χ0) is 23.1. The van der Waals surface area contributed by atoms with Crippen molar-refractivity contribution >= 4 is 23.2 Å². The molecule has 1 aromatic heterocycles. The molecule has 168 valence electrons. The van der Waals surface area contributed by atoms with Gasteiger partial charge in [0.25, 0.3) is 11.8 Å². The molecule has 0 radical (unpaired) electrons. The zero-order valence-corrected chi connectivity index (χ0v) is 19.7. The number of hydrogen-bond donors (Lipinski definition) is 2. The van der Waals surface area contributed by atoms with Crippen LogP contribution in [0.3, 0.4) is 0 Å². The molecule has 2 amide bonds. The van der Waals surface area contributed by atoms with E-state index in [0.717, 1.165) is 27.4 Å². The van der Waals surface area contributed by atoms with Gasteiger partial charge in [-0.25, -0.2) is 4.98 Å². The van der Waals surface area contributed by atoms with E-state index in [1.165, 1.54) is 11.3 Å². The molecule has 0 atom stereocenters. The highest BCUT2D eigenvalue weighted by atomic mass is 32.1. The summed E-state index contributed by atoms with van der Waals surface area (Å²) in [5, 5.41) is 8.06. The number of amides is 2. The van der Waals surface area contributed by atoms with Gasteiger partial charge in [-0.3, -0.25) is 9.59 Å². The number of aromatic nitrogens is 1. The predicted molar refractivity (Wildman–Crippen MR) is 128 cm³/mol. The number of ether oxygens (including phenoxy) is 1. The lowest BCUT2D eigenvalue weighted by Crippen LogP contribution is -2.35. The third-order valence-electron chi connectivity index (χ3n) is 5.01. The van der Waals surface area contributed by atoms with E-state index in [1.54, 1.807) is 11.4 Å². The third kappa shape index (κ3) is 6.17. The number of carbonyl (C=O) groups is 2. The van der Waals surface area contributed by atoms with Crippen molar-refractivity contribution in [3.05, 3.63) is 80.8 Å². The smallest absolute Gasteiger partial charge is 0.270 e. The van der Waals surface area contributed by atoms with Gasteiger partial charge >= 0.3 is 0 Å². The minimum atomic E-state index is -0.268. The van der Waals surface area contributed by atoms with Crippen molar-refractivity contribution in [3.8, 4) is 5.75 Å². The second-order valence-corrected chi connectivity index (χ2v) is 8.88. The Morgan fingerprint density at radius 1 is 1.03 bits per heavy atom. The van der Waals surface area contributed by atoms with Crippen molar-refractivity contribution in [1.29, 1.82) is 0 Å². The molecule has 2 N–H and O–H groups in total. The van der Waals surface area contributed by atoms with Crippen LogP contribution in [0.1, 0.15) is 62.3 Å². The summed E-state index contributed by atoms with van der Waals surface area (Å²) in [6.45, 7) is 9.16. The Bertz CT molecular complexity index is 1090. The van der Waals surface area contributed by atoms with Gasteiger partial charge in [-0.2, -0.15) is 0 Å². The first kappa shape index (κ1) is 23.5. The van der Waals surface area contributed by atoms with Crippen LogP contribution >= 0.6 is 11.3 Å². The molecule has 0 saturated carbocycles. The van der Waals surface area contributed by atoms with Crippen molar-refractivity contribution in [2.45, 2.75) is 40.2 Å². The topological polar surface area (TPSA) is 80.3 Å². The van der Waals surface area contributed by atoms with E-state index >= 15 is 0 Å². The fourth-order valence-corrected chi connectivity index (χ4v) is 3.92. The Morgan fingerprint density at radius 3 is 2.47 bits per heavy atom. The van der Waals surface area contributed by atoms with E-state index in [9.17, 15) is 9.59 Å². The third-order valence-corrected chi connectivity index (χ3v) is 5.83. The molecule has 0 unspecified atom stereocenters. The van der Waals surface area contributed by atoms with Gasteiger partial charge in [-0.05, 0) is 48.6 Å². The second-order valence-electron chi connectivity index (χ2n) is 7.94. The van der Waals surface area contributed by atoms with Crippen LogP contribution in [0.15, 0.2) is 47.8 Å². The number of thiazole rings is 1. The molecule has 2 aromatic carbocycles. The molecule has 32 heavy (non-hydrogen) atoms. The Morgan fingerprint density at radius 2 is 1.75 bits per heavy atom. The molecular formula is C25H29N3O3S. The van der Waals surface area contributed by atoms with E-state index in [1.807, 2.05) is 38.1 Å². The molecule has 0 aliphatic rings. The maximum atomic E-state index is 12.4. The van der Waals surface area contributed by atoms with Crippen molar-refractivity contribution < 1.29 is 14.3 Å². The summed E-state index contributed by atoms with van der Waals surface area (Å²) in [7, 11) is 0. The van der Waals surface area contributed by atoms with E-state index in [4.69, 9.17) is 4.74 Å². The maximum Gasteiger partial charge on any atom is 0.270 e. The van der Waals surface area contributed by atoms with Crippen LogP contribution in [0.25, 0.3) is 0 Å². The van der Waals surface area contributed by atoms with Gasteiger partial charge in [-0.1, -0.05) is 44.2 Å². The summed E-state index contributed by atoms with van der Waals surface area (Å²) < 4.78 is 6.00. The Balaban J connectivity index is 1.47. The average molecular weight is 452 g/mol. The van der Waals surface area contributed by atoms with Crippen LogP contribution < -0.4 is 15.4 Å². The van der Waals surface area contributed by atoms with Crippen molar-refractivity contribution in [3.63, 3.8) is 0 Å². The number of hydrogen-bond acceptors (Lipinski definition) is 5. The fourth-order valence-electron chi connectivity index (χ4n) is 3.23. The summed E-state index contributed by atoms with van der Waals surface area (Å²) in [6, 6.07) is 13.6. The number of benzene rings is 2. The number of rotatable bonds is 9. The highest BCUT2D eigenvalue weighted by Crippen LogP contribution is 2.28. The number of nitrogens with zero attached hydrogens (tertiary/aromatic N) is 1. The number of nitrogens with one attached hydrogen (secondary N) is 2. The summed E-state index contributed by atoms with van der Waals surface area (Å²) in [5.41, 5.74) is 4.19. The van der Waals surface area contributed by atoms with E-state index in [-0.39, 0.29) is 11.8 Å². The standard InChI is InChI=1S/C25H29N3O3S/c1-16(2)19-10-9-17(3)13-22(19)31-14-23-28-21(15-32-23)25(30)27-12-11-26-24(29)20-8-6-5-7-18(20)4/h5-10,13,15-16H,11-12,14H2,1-4H3,(H,26,29)(H,27,30). The molecule has 3 aromatic rings. The molecule has 6 nitrogen and oxygen atoms in total. The van der Waals surface area contributed by atoms with Gasteiger partial charge in [0.2, 0.25) is 0 Å². The molecule has 0 bridgehead atoms. The Kier molecular flexibility index (Phi) is 8.00. The molecular weight excluding hydrogens is 422 g/mol. The first-order chi connectivity index (χ1) is 15.3. The summed E-state index contributed by atoms with van der Waals surface area (Å²) in [4.78, 5) is 29.0. The average Bonchev–Trinajstić information content (AvgIpc) is 3.24. The van der Waals surface area contributed by atoms with Crippen molar-refractivity contribution in [2.75, 3.05) is 13.1 Å². The van der Waals surface area contributed by atoms with Crippen LogP contribution in [0.5, 0.6) is 5.75 Å². The fraction of sp³-hybridized carbons (Fsp3) is 0.320. The highest BCUT2D eigenvalue weighted by Gasteiger charge is 2.13. The summed E-state index contributed by atoms with van der Waals surface area (Å²) in [6.07, 6.45) is 0. The lowest BCUT2D eigenvalue weighted by atomic mass is 10.0. The van der Waals surface area contributed by atoms with Crippen LogP contribution in [-0.4, -0.2) is 29.9 Å². The Hall–Kier alpha value is -3.19. The van der Waals surface area contributed by atoms with Crippen molar-refractivity contribution in [2.24, 2.45) is 0 Å². The lowest BCUT2D eigenvalue weighted by Gasteiger charge is -2.14. The number of aryl methyl sites for hydroxylation is 2. The minimum Gasteiger partial charge on any atom is -0.486 e. The first-order valence-corrected chi connectivity index (χ1v) is 11.5. The van der Waals surface area contributed by atoms with E-state index < -0.39 is 0 Å². The van der Waals surface area contributed by atoms with E-state index in [0.29, 0.717) is 36.9 Å². The molecule has 1 heterocycles. The van der Waals surface area contributed by atoms with Crippen LogP contribution in [-0.2, 0) is 6.61 Å². The highest BCUT2D eigenvalue weighted by molar-refractivity contribution is 7.09. The maximum absolute atomic E-state index is 12.4. The van der Waals surface area contributed by atoms with E-state index in [2.05, 4.69) is 41.6 Å². The van der Waals surface area contributed by atoms with Gasteiger partial charge < -0.3 is 15.4 Å². The molecule has 0 saturated heterocycles. The monoisotopic (exact) mass is 451 g/mol. The van der Waals surface area contributed by atoms with Gasteiger partial charge in [0, 0.05) is 24.0 Å². The molecule has 0 fully saturated rings. The SMILES string of the molecule is Cc1ccc(C(C)C)c(OCc2nc(C(=O)NCCNC(=O)c3ccccc3C)cs2)c1. The zero-order valence-electron chi connectivity index (χ0n) is 18.9. The van der Waals surface area contributed by atoms with Gasteiger partial charge in [-0.15, -0.1) is 11.3 Å². The summed E-state index contributed by atoms with van der Waals surface area (Å²) in [5.74, 6) is 0.790. The Labute approximate surface area is 193 Å². The largest absolute Gasteiger partial charge is 0.486 e. The quantitative estimate of drug-likeness (QED) is 0.465. The van der Waals surface area contributed by atoms with Crippen LogP contribution in [0, 0.1) is 13.8 Å². The molecule has 0 aliphatic heterocycles. The minimum absolute atomic E-state index is 0.151. The molecule has 0 spiro atoms. The van der Waals surface area contributed by atoms with Gasteiger partial charge in [0.05, 0.1) is 0 Å². The predicted octanol–water partition coefficient (Wildman–Crippen LogP) is 4.62. The first-order valence-electron chi connectivity index (χ1n) is 10.6. The molecule has 3 rings (SSSR count). The number of carbonyl (C=O) groups excluding carboxylic acids is 2. The van der Waals surface area contributed by atoms with Crippen molar-refractivity contribution in [1.82, 2.24) is 15.6 Å². The van der Waals surface area contributed by atoms with Gasteiger partial charge in [0.1, 0.15) is 23.1 Å². The van der Waals surface area contributed by atoms with Crippen LogP contribution in [0.2, 0.25) is 0 Å². The normalized spacial score (nSPS) is 10.8. The second kappa shape index (κ2) is 10.9. The lowest BCUT2D eigenvalue weighted by molar-refractivity contribution is 0.0925. The summed E-state index contributed by atoms with van der Waals surface area (Å²) >= 11 is 1.39.